The molecule has 0 spiro atoms. The molecule has 1 aliphatic carbocycles. The van der Waals surface area contributed by atoms with Gasteiger partial charge in [0, 0.05) is 23.6 Å². The van der Waals surface area contributed by atoms with Crippen molar-refractivity contribution in [2.75, 3.05) is 6.54 Å². The number of fused-ring (bicyclic) bond motifs is 1. The lowest BCUT2D eigenvalue weighted by Crippen LogP contribution is -2.52. The number of nitrogens with zero attached hydrogens (tertiary/aromatic N) is 1. The lowest BCUT2D eigenvalue weighted by Gasteiger charge is -2.42. The van der Waals surface area contributed by atoms with Gasteiger partial charge in [0.1, 0.15) is 5.92 Å². The van der Waals surface area contributed by atoms with Gasteiger partial charge in [0.15, 0.2) is 0 Å². The highest BCUT2D eigenvalue weighted by Crippen LogP contribution is 2.50. The molecule has 2 atom stereocenters. The van der Waals surface area contributed by atoms with Gasteiger partial charge < -0.3 is 10.0 Å². The molecule has 0 aromatic heterocycles. The van der Waals surface area contributed by atoms with Crippen LogP contribution in [0, 0.1) is 0 Å². The summed E-state index contributed by atoms with van der Waals surface area (Å²) in [5.74, 6) is -1.56. The lowest BCUT2D eigenvalue weighted by atomic mass is 9.80. The number of hydrogen-bond donors (Lipinski definition) is 1. The highest BCUT2D eigenvalue weighted by atomic mass is 16.4. The molecule has 1 N–H and O–H groups in total. The predicted molar refractivity (Wildman–Crippen MR) is 99.3 cm³/mol. The van der Waals surface area contributed by atoms with Crippen LogP contribution in [0.4, 0.5) is 0 Å². The minimum absolute atomic E-state index is 0.0281. The van der Waals surface area contributed by atoms with E-state index in [2.05, 4.69) is 12.1 Å². The molecule has 1 aliphatic heterocycles. The Kier molecular flexibility index (Phi) is 4.06. The van der Waals surface area contributed by atoms with Crippen LogP contribution in [0.15, 0.2) is 54.6 Å². The Morgan fingerprint density at radius 2 is 1.77 bits per heavy atom. The molecule has 0 saturated heterocycles. The number of aliphatic carboxylic acids is 1. The largest absolute Gasteiger partial charge is 0.481 e. The molecule has 1 saturated carbocycles. The molecule has 134 valence electrons. The number of carbonyl (C=O) groups excluding carboxylic acids is 1. The standard InChI is InChI=1S/C22H23NO3/c1-2-18-19(21(25)26)16-10-6-7-11-17(16)20(24)23(18)14-22(12-13-22)15-8-4-3-5-9-15/h3-11,18-19H,2,12-14H2,1H3,(H,25,26). The second-order valence-electron chi connectivity index (χ2n) is 7.46. The summed E-state index contributed by atoms with van der Waals surface area (Å²) >= 11 is 0. The highest BCUT2D eigenvalue weighted by Gasteiger charge is 2.50. The summed E-state index contributed by atoms with van der Waals surface area (Å²) in [6.45, 7) is 2.56. The van der Waals surface area contributed by atoms with E-state index in [0.29, 0.717) is 24.1 Å². The van der Waals surface area contributed by atoms with Gasteiger partial charge in [-0.05, 0) is 36.5 Å². The fraction of sp³-hybridized carbons (Fsp3) is 0.364. The molecule has 2 aromatic carbocycles. The zero-order valence-corrected chi connectivity index (χ0v) is 14.9. The van der Waals surface area contributed by atoms with Gasteiger partial charge in [0.05, 0.1) is 0 Å². The van der Waals surface area contributed by atoms with Gasteiger partial charge in [-0.1, -0.05) is 55.5 Å². The Bertz CT molecular complexity index is 841. The number of carbonyl (C=O) groups is 2. The average molecular weight is 349 g/mol. The zero-order valence-electron chi connectivity index (χ0n) is 14.9. The van der Waals surface area contributed by atoms with Crippen LogP contribution in [0.1, 0.15) is 53.6 Å². The molecule has 0 radical (unpaired) electrons. The maximum atomic E-state index is 13.2. The van der Waals surface area contributed by atoms with Crippen LogP contribution < -0.4 is 0 Å². The van der Waals surface area contributed by atoms with E-state index < -0.39 is 11.9 Å². The van der Waals surface area contributed by atoms with Gasteiger partial charge in [0.2, 0.25) is 0 Å². The molecule has 4 heteroatoms. The van der Waals surface area contributed by atoms with Crippen LogP contribution in [0.2, 0.25) is 0 Å². The van der Waals surface area contributed by atoms with Crippen molar-refractivity contribution >= 4 is 11.9 Å². The van der Waals surface area contributed by atoms with Crippen molar-refractivity contribution in [1.29, 1.82) is 0 Å². The minimum Gasteiger partial charge on any atom is -0.481 e. The molecule has 0 bridgehead atoms. The number of rotatable bonds is 5. The number of benzene rings is 2. The van der Waals surface area contributed by atoms with Crippen molar-refractivity contribution in [2.45, 2.75) is 43.6 Å². The average Bonchev–Trinajstić information content (AvgIpc) is 3.45. The van der Waals surface area contributed by atoms with E-state index in [4.69, 9.17) is 0 Å². The fourth-order valence-electron chi connectivity index (χ4n) is 4.41. The molecular weight excluding hydrogens is 326 g/mol. The molecule has 26 heavy (non-hydrogen) atoms. The van der Waals surface area contributed by atoms with Gasteiger partial charge in [-0.25, -0.2) is 0 Å². The van der Waals surface area contributed by atoms with E-state index in [0.717, 1.165) is 12.8 Å². The van der Waals surface area contributed by atoms with E-state index in [1.54, 1.807) is 12.1 Å². The molecule has 4 rings (SSSR count). The van der Waals surface area contributed by atoms with Crippen molar-refractivity contribution < 1.29 is 14.7 Å². The van der Waals surface area contributed by atoms with E-state index in [1.807, 2.05) is 42.2 Å². The monoisotopic (exact) mass is 349 g/mol. The first-order valence-corrected chi connectivity index (χ1v) is 9.25. The van der Waals surface area contributed by atoms with E-state index in [9.17, 15) is 14.7 Å². The van der Waals surface area contributed by atoms with Crippen LogP contribution in [0.5, 0.6) is 0 Å². The highest BCUT2D eigenvalue weighted by molar-refractivity contribution is 6.00. The molecule has 2 aliphatic rings. The number of carboxylic acid groups (broad SMARTS) is 1. The quantitative estimate of drug-likeness (QED) is 0.893. The van der Waals surface area contributed by atoms with Crippen LogP contribution in [-0.4, -0.2) is 34.5 Å². The van der Waals surface area contributed by atoms with Crippen molar-refractivity contribution in [2.24, 2.45) is 0 Å². The van der Waals surface area contributed by atoms with E-state index in [-0.39, 0.29) is 17.4 Å². The van der Waals surface area contributed by atoms with E-state index in [1.165, 1.54) is 5.56 Å². The van der Waals surface area contributed by atoms with Crippen molar-refractivity contribution in [3.8, 4) is 0 Å². The molecule has 1 fully saturated rings. The third-order valence-corrected chi connectivity index (χ3v) is 5.97. The molecular formula is C22H23NO3. The number of carboxylic acids is 1. The van der Waals surface area contributed by atoms with Crippen LogP contribution in [0.3, 0.4) is 0 Å². The zero-order chi connectivity index (χ0) is 18.3. The first-order chi connectivity index (χ1) is 12.6. The molecule has 2 aromatic rings. The van der Waals surface area contributed by atoms with Gasteiger partial charge in [-0.2, -0.15) is 0 Å². The van der Waals surface area contributed by atoms with Crippen molar-refractivity contribution in [3.05, 3.63) is 71.3 Å². The van der Waals surface area contributed by atoms with Crippen LogP contribution in [-0.2, 0) is 10.2 Å². The summed E-state index contributed by atoms with van der Waals surface area (Å²) in [7, 11) is 0. The Morgan fingerprint density at radius 3 is 2.38 bits per heavy atom. The Hall–Kier alpha value is -2.62. The fourth-order valence-corrected chi connectivity index (χ4v) is 4.41. The van der Waals surface area contributed by atoms with Crippen molar-refractivity contribution in [3.63, 3.8) is 0 Å². The smallest absolute Gasteiger partial charge is 0.313 e. The second kappa shape index (κ2) is 6.27. The van der Waals surface area contributed by atoms with Crippen LogP contribution in [0.25, 0.3) is 0 Å². The molecule has 4 nitrogen and oxygen atoms in total. The Morgan fingerprint density at radius 1 is 1.12 bits per heavy atom. The number of amides is 1. The van der Waals surface area contributed by atoms with Crippen LogP contribution >= 0.6 is 0 Å². The molecule has 1 heterocycles. The summed E-state index contributed by atoms with van der Waals surface area (Å²) in [6, 6.07) is 17.1. The predicted octanol–water partition coefficient (Wildman–Crippen LogP) is 3.82. The summed E-state index contributed by atoms with van der Waals surface area (Å²) in [5.41, 5.74) is 2.40. The topological polar surface area (TPSA) is 57.6 Å². The summed E-state index contributed by atoms with van der Waals surface area (Å²) in [5, 5.41) is 9.88. The lowest BCUT2D eigenvalue weighted by molar-refractivity contribution is -0.140. The normalized spacial score (nSPS) is 23.4. The molecule has 2 unspecified atom stereocenters. The summed E-state index contributed by atoms with van der Waals surface area (Å²) in [4.78, 5) is 27.1. The minimum atomic E-state index is -0.855. The summed E-state index contributed by atoms with van der Waals surface area (Å²) in [6.07, 6.45) is 2.70. The van der Waals surface area contributed by atoms with Crippen molar-refractivity contribution in [1.82, 2.24) is 4.90 Å². The first kappa shape index (κ1) is 16.8. The SMILES string of the molecule is CCC1C(C(=O)O)c2ccccc2C(=O)N1CC1(c2ccccc2)CC1. The maximum absolute atomic E-state index is 13.2. The first-order valence-electron chi connectivity index (χ1n) is 9.25. The molecule has 1 amide bonds. The third kappa shape index (κ3) is 2.61. The van der Waals surface area contributed by atoms with Gasteiger partial charge in [0.25, 0.3) is 5.91 Å². The van der Waals surface area contributed by atoms with E-state index >= 15 is 0 Å². The Balaban J connectivity index is 1.74. The number of hydrogen-bond acceptors (Lipinski definition) is 2. The second-order valence-corrected chi connectivity index (χ2v) is 7.46. The van der Waals surface area contributed by atoms with Gasteiger partial charge in [-0.15, -0.1) is 0 Å². The Labute approximate surface area is 153 Å². The summed E-state index contributed by atoms with van der Waals surface area (Å²) < 4.78 is 0. The van der Waals surface area contributed by atoms with Gasteiger partial charge in [-0.3, -0.25) is 9.59 Å². The maximum Gasteiger partial charge on any atom is 0.313 e. The van der Waals surface area contributed by atoms with Gasteiger partial charge >= 0.3 is 5.97 Å². The third-order valence-electron chi connectivity index (χ3n) is 5.97.